The number of aryl methyl sites for hydroxylation is 1. The van der Waals surface area contributed by atoms with Gasteiger partial charge in [-0.25, -0.2) is 13.8 Å². The third-order valence-electron chi connectivity index (χ3n) is 4.91. The zero-order valence-corrected chi connectivity index (χ0v) is 19.2. The first-order valence-electron chi connectivity index (χ1n) is 10.3. The van der Waals surface area contributed by atoms with Crippen molar-refractivity contribution in [3.05, 3.63) is 95.6 Å². The third kappa shape index (κ3) is 5.82. The molecule has 1 amide bonds. The molecule has 0 radical (unpaired) electrons. The topological polar surface area (TPSA) is 78.8 Å². The predicted molar refractivity (Wildman–Crippen MR) is 128 cm³/mol. The molecular formula is C25H27N3O3S. The maximum Gasteiger partial charge on any atom is 0.264 e. The summed E-state index contributed by atoms with van der Waals surface area (Å²) < 4.78 is 27.8. The van der Waals surface area contributed by atoms with E-state index in [1.165, 1.54) is 18.3 Å². The lowest BCUT2D eigenvalue weighted by Gasteiger charge is -2.24. The minimum absolute atomic E-state index is 0.115. The number of sulfonamides is 1. The summed E-state index contributed by atoms with van der Waals surface area (Å²) in [6.07, 6.45) is 1.53. The van der Waals surface area contributed by atoms with Crippen molar-refractivity contribution >= 4 is 27.8 Å². The molecular weight excluding hydrogens is 422 g/mol. The second-order valence-corrected chi connectivity index (χ2v) is 9.64. The molecule has 166 valence electrons. The maximum atomic E-state index is 13.3. The van der Waals surface area contributed by atoms with Gasteiger partial charge < -0.3 is 0 Å². The van der Waals surface area contributed by atoms with Crippen molar-refractivity contribution in [1.29, 1.82) is 0 Å². The molecule has 6 nitrogen and oxygen atoms in total. The molecule has 0 atom stereocenters. The first-order valence-corrected chi connectivity index (χ1v) is 11.8. The number of hydrogen-bond donors (Lipinski definition) is 1. The molecule has 0 spiro atoms. The molecule has 3 aromatic rings. The molecule has 0 saturated heterocycles. The highest BCUT2D eigenvalue weighted by Crippen LogP contribution is 2.25. The maximum absolute atomic E-state index is 13.3. The monoisotopic (exact) mass is 449 g/mol. The lowest BCUT2D eigenvalue weighted by atomic mass is 10.0. The Morgan fingerprint density at radius 1 is 1.00 bits per heavy atom. The van der Waals surface area contributed by atoms with E-state index in [0.717, 1.165) is 21.0 Å². The molecule has 7 heteroatoms. The van der Waals surface area contributed by atoms with Crippen molar-refractivity contribution in [2.24, 2.45) is 5.10 Å². The van der Waals surface area contributed by atoms with E-state index in [9.17, 15) is 13.2 Å². The van der Waals surface area contributed by atoms with Crippen molar-refractivity contribution in [1.82, 2.24) is 5.43 Å². The van der Waals surface area contributed by atoms with E-state index in [1.54, 1.807) is 30.3 Å². The third-order valence-corrected chi connectivity index (χ3v) is 6.70. The summed E-state index contributed by atoms with van der Waals surface area (Å²) in [5.41, 5.74) is 5.83. The zero-order valence-electron chi connectivity index (χ0n) is 18.4. The Balaban J connectivity index is 1.84. The number of hydrazone groups is 1. The molecule has 32 heavy (non-hydrogen) atoms. The molecule has 0 bridgehead atoms. The fraction of sp³-hybridized carbons (Fsp3) is 0.200. The van der Waals surface area contributed by atoms with Gasteiger partial charge in [0.15, 0.2) is 0 Å². The number of hydrogen-bond acceptors (Lipinski definition) is 4. The summed E-state index contributed by atoms with van der Waals surface area (Å²) in [7, 11) is -3.94. The van der Waals surface area contributed by atoms with Crippen LogP contribution in [0.1, 0.15) is 36.5 Å². The van der Waals surface area contributed by atoms with Gasteiger partial charge in [0.2, 0.25) is 0 Å². The lowest BCUT2D eigenvalue weighted by molar-refractivity contribution is -0.119. The van der Waals surface area contributed by atoms with Crippen LogP contribution in [-0.4, -0.2) is 27.1 Å². The molecule has 0 aliphatic carbocycles. The number of anilines is 1. The van der Waals surface area contributed by atoms with Crippen LogP contribution >= 0.6 is 0 Å². The van der Waals surface area contributed by atoms with Gasteiger partial charge in [0.1, 0.15) is 6.54 Å². The Morgan fingerprint density at radius 2 is 1.69 bits per heavy atom. The van der Waals surface area contributed by atoms with E-state index in [1.807, 2.05) is 43.3 Å². The van der Waals surface area contributed by atoms with Gasteiger partial charge in [0, 0.05) is 0 Å². The van der Waals surface area contributed by atoms with Crippen LogP contribution < -0.4 is 9.73 Å². The summed E-state index contributed by atoms with van der Waals surface area (Å²) in [5, 5.41) is 3.98. The van der Waals surface area contributed by atoms with E-state index >= 15 is 0 Å². The fourth-order valence-corrected chi connectivity index (χ4v) is 4.60. The van der Waals surface area contributed by atoms with E-state index < -0.39 is 22.5 Å². The number of carbonyl (C=O) groups is 1. The van der Waals surface area contributed by atoms with Crippen molar-refractivity contribution in [2.75, 3.05) is 10.8 Å². The highest BCUT2D eigenvalue weighted by molar-refractivity contribution is 7.92. The molecule has 0 saturated carbocycles. The molecule has 3 rings (SSSR count). The average molecular weight is 450 g/mol. The molecule has 0 aliphatic rings. The van der Waals surface area contributed by atoms with E-state index in [0.29, 0.717) is 11.6 Å². The van der Waals surface area contributed by atoms with E-state index in [2.05, 4.69) is 24.4 Å². The second-order valence-electron chi connectivity index (χ2n) is 7.78. The van der Waals surface area contributed by atoms with Crippen LogP contribution in [-0.2, 0) is 14.8 Å². The Morgan fingerprint density at radius 3 is 2.31 bits per heavy atom. The normalized spacial score (nSPS) is 11.6. The van der Waals surface area contributed by atoms with Crippen LogP contribution in [0.2, 0.25) is 0 Å². The summed E-state index contributed by atoms with van der Waals surface area (Å²) >= 11 is 0. The molecule has 0 fully saturated rings. The van der Waals surface area contributed by atoms with Gasteiger partial charge in [-0.1, -0.05) is 74.0 Å². The lowest BCUT2D eigenvalue weighted by Crippen LogP contribution is -2.39. The number of benzene rings is 3. The smallest absolute Gasteiger partial charge is 0.264 e. The molecule has 0 aliphatic heterocycles. The van der Waals surface area contributed by atoms with Crippen LogP contribution in [0.15, 0.2) is 88.9 Å². The van der Waals surface area contributed by atoms with Crippen molar-refractivity contribution < 1.29 is 13.2 Å². The summed E-state index contributed by atoms with van der Waals surface area (Å²) in [5.74, 6) is -0.233. The molecule has 0 unspecified atom stereocenters. The minimum atomic E-state index is -3.94. The Kier molecular flexibility index (Phi) is 7.43. The van der Waals surface area contributed by atoms with Crippen molar-refractivity contribution in [3.63, 3.8) is 0 Å². The van der Waals surface area contributed by atoms with Crippen LogP contribution in [0.25, 0.3) is 0 Å². The number of nitrogens with one attached hydrogen (secondary N) is 1. The van der Waals surface area contributed by atoms with Crippen molar-refractivity contribution in [2.45, 2.75) is 31.6 Å². The number of carbonyl (C=O) groups excluding carboxylic acids is 1. The van der Waals surface area contributed by atoms with Crippen molar-refractivity contribution in [3.8, 4) is 0 Å². The average Bonchev–Trinajstić information content (AvgIpc) is 2.78. The van der Waals surface area contributed by atoms with Gasteiger partial charge in [-0.05, 0) is 48.2 Å². The predicted octanol–water partition coefficient (Wildman–Crippen LogP) is 4.46. The number of amides is 1. The summed E-state index contributed by atoms with van der Waals surface area (Å²) in [6.45, 7) is 5.69. The summed E-state index contributed by atoms with van der Waals surface area (Å²) in [6, 6.07) is 22.9. The van der Waals surface area contributed by atoms with Gasteiger partial charge in [0.05, 0.1) is 16.8 Å². The van der Waals surface area contributed by atoms with Crippen LogP contribution in [0.5, 0.6) is 0 Å². The van der Waals surface area contributed by atoms with Gasteiger partial charge in [-0.3, -0.25) is 9.10 Å². The van der Waals surface area contributed by atoms with Crippen LogP contribution in [0.4, 0.5) is 5.69 Å². The molecule has 1 N–H and O–H groups in total. The zero-order chi connectivity index (χ0) is 23.1. The largest absolute Gasteiger partial charge is 0.271 e. The Hall–Kier alpha value is -3.45. The van der Waals surface area contributed by atoms with Crippen LogP contribution in [0, 0.1) is 6.92 Å². The first kappa shape index (κ1) is 23.2. The quantitative estimate of drug-likeness (QED) is 0.407. The Bertz CT molecular complexity index is 1190. The molecule has 0 aromatic heterocycles. The standard InChI is InChI=1S/C25H27N3O3S/c1-19(2)22-12-14-23(15-13-22)28(32(30,31)24-10-5-4-6-11-24)18-25(29)27-26-17-21-9-7-8-20(3)16-21/h4-17,19H,18H2,1-3H3,(H,27,29). The SMILES string of the molecule is Cc1cccc(C=NNC(=O)CN(c2ccc(C(C)C)cc2)S(=O)(=O)c2ccccc2)c1. The van der Waals surface area contributed by atoms with Gasteiger partial charge in [-0.2, -0.15) is 5.10 Å². The van der Waals surface area contributed by atoms with Gasteiger partial charge in [0.25, 0.3) is 15.9 Å². The number of nitrogens with zero attached hydrogens (tertiary/aromatic N) is 2. The highest BCUT2D eigenvalue weighted by Gasteiger charge is 2.27. The van der Waals surface area contributed by atoms with E-state index in [4.69, 9.17) is 0 Å². The fourth-order valence-electron chi connectivity index (χ4n) is 3.16. The molecule has 0 heterocycles. The Labute approximate surface area is 189 Å². The van der Waals surface area contributed by atoms with Crippen LogP contribution in [0.3, 0.4) is 0 Å². The first-order chi connectivity index (χ1) is 15.3. The summed E-state index contributed by atoms with van der Waals surface area (Å²) in [4.78, 5) is 12.7. The highest BCUT2D eigenvalue weighted by atomic mass is 32.2. The minimum Gasteiger partial charge on any atom is -0.271 e. The second kappa shape index (κ2) is 10.2. The number of rotatable bonds is 8. The van der Waals surface area contributed by atoms with Gasteiger partial charge in [-0.15, -0.1) is 0 Å². The molecule has 3 aromatic carbocycles. The van der Waals surface area contributed by atoms with Gasteiger partial charge >= 0.3 is 0 Å². The van der Waals surface area contributed by atoms with E-state index in [-0.39, 0.29) is 4.90 Å².